The molecule has 0 spiro atoms. The molecule has 0 atom stereocenters. The molecule has 184 valence electrons. The average Bonchev–Trinajstić information content (AvgIpc) is 3.29. The molecule has 4 heterocycles. The highest BCUT2D eigenvalue weighted by Gasteiger charge is 2.27. The third-order valence-corrected chi connectivity index (χ3v) is 7.53. The highest BCUT2D eigenvalue weighted by atomic mass is 35.5. The van der Waals surface area contributed by atoms with Crippen LogP contribution in [0.25, 0.3) is 16.7 Å². The van der Waals surface area contributed by atoms with Crippen LogP contribution >= 0.6 is 11.6 Å². The second kappa shape index (κ2) is 9.42. The number of imidazole rings is 1. The number of benzene rings is 2. The molecule has 0 saturated carbocycles. The zero-order valence-electron chi connectivity index (χ0n) is 20.9. The molecule has 0 radical (unpaired) electrons. The fourth-order valence-corrected chi connectivity index (χ4v) is 5.49. The van der Waals surface area contributed by atoms with Crippen molar-refractivity contribution in [3.63, 3.8) is 0 Å². The number of nitrogens with zero attached hydrogens (tertiary/aromatic N) is 6. The van der Waals surface area contributed by atoms with Crippen molar-refractivity contribution in [2.45, 2.75) is 20.3 Å². The van der Waals surface area contributed by atoms with E-state index in [2.05, 4.69) is 57.5 Å². The lowest BCUT2D eigenvalue weighted by atomic mass is 9.97. The Bertz CT molecular complexity index is 1660. The third-order valence-electron chi connectivity index (χ3n) is 7.28. The van der Waals surface area contributed by atoms with Crippen LogP contribution in [0.3, 0.4) is 0 Å². The number of anilines is 2. The summed E-state index contributed by atoms with van der Waals surface area (Å²) in [4.78, 5) is 14.5. The Balaban J connectivity index is 1.50. The quantitative estimate of drug-likeness (QED) is 0.302. The first-order valence-electron chi connectivity index (χ1n) is 12.5. The van der Waals surface area contributed by atoms with Crippen molar-refractivity contribution in [2.75, 3.05) is 36.0 Å². The van der Waals surface area contributed by atoms with Crippen molar-refractivity contribution in [3.05, 3.63) is 99.7 Å². The predicted octanol–water partition coefficient (Wildman–Crippen LogP) is 5.94. The highest BCUT2D eigenvalue weighted by Crippen LogP contribution is 2.35. The van der Waals surface area contributed by atoms with Crippen LogP contribution < -0.4 is 9.80 Å². The standard InChI is InChI=1S/C30H27ClN6/c1-20-6-5-9-28(33-20)35-14-16-36(17-15-35)30-24(18-22-10-12-23(31)13-11-22)21(2)25(19-32)29-34-26-7-3-4-8-27(26)37(29)30/h3-13H,14-18H2,1-2H3. The Morgan fingerprint density at radius 3 is 2.32 bits per heavy atom. The van der Waals surface area contributed by atoms with Crippen molar-refractivity contribution < 1.29 is 0 Å². The molecule has 0 unspecified atom stereocenters. The smallest absolute Gasteiger partial charge is 0.157 e. The number of aryl methyl sites for hydroxylation is 1. The number of aromatic nitrogens is 3. The molecule has 5 aromatic rings. The minimum Gasteiger partial charge on any atom is -0.354 e. The summed E-state index contributed by atoms with van der Waals surface area (Å²) in [5, 5.41) is 10.9. The maximum absolute atomic E-state index is 10.2. The fourth-order valence-electron chi connectivity index (χ4n) is 5.37. The van der Waals surface area contributed by atoms with Gasteiger partial charge < -0.3 is 9.80 Å². The molecule has 1 saturated heterocycles. The Kier molecular flexibility index (Phi) is 5.94. The van der Waals surface area contributed by atoms with Crippen LogP contribution in [0, 0.1) is 25.2 Å². The van der Waals surface area contributed by atoms with Gasteiger partial charge in [-0.2, -0.15) is 5.26 Å². The Morgan fingerprint density at radius 2 is 1.59 bits per heavy atom. The lowest BCUT2D eigenvalue weighted by Gasteiger charge is -2.38. The van der Waals surface area contributed by atoms with Gasteiger partial charge in [0.2, 0.25) is 0 Å². The topological polar surface area (TPSA) is 60.5 Å². The molecule has 0 aliphatic carbocycles. The van der Waals surface area contributed by atoms with Gasteiger partial charge in [0, 0.05) is 48.9 Å². The molecule has 1 fully saturated rings. The first-order valence-corrected chi connectivity index (χ1v) is 12.9. The van der Waals surface area contributed by atoms with Crippen LogP contribution in [0.15, 0.2) is 66.7 Å². The summed E-state index contributed by atoms with van der Waals surface area (Å²) in [6.45, 7) is 7.50. The number of halogens is 1. The molecule has 6 rings (SSSR count). The zero-order chi connectivity index (χ0) is 25.5. The molecular formula is C30H27ClN6. The van der Waals surface area contributed by atoms with Gasteiger partial charge in [-0.25, -0.2) is 9.97 Å². The number of rotatable bonds is 4. The molecule has 1 aliphatic heterocycles. The summed E-state index contributed by atoms with van der Waals surface area (Å²) in [5.74, 6) is 2.14. The summed E-state index contributed by atoms with van der Waals surface area (Å²) in [5.41, 5.74) is 7.58. The van der Waals surface area contributed by atoms with E-state index in [0.717, 1.165) is 81.9 Å². The van der Waals surface area contributed by atoms with Gasteiger partial charge >= 0.3 is 0 Å². The molecule has 6 nitrogen and oxygen atoms in total. The normalized spacial score (nSPS) is 13.9. The third kappa shape index (κ3) is 4.16. The number of hydrogen-bond donors (Lipinski definition) is 0. The predicted molar refractivity (Wildman–Crippen MR) is 150 cm³/mol. The van der Waals surface area contributed by atoms with E-state index in [1.807, 2.05) is 43.3 Å². The molecule has 2 aromatic carbocycles. The van der Waals surface area contributed by atoms with Gasteiger partial charge in [-0.3, -0.25) is 4.40 Å². The van der Waals surface area contributed by atoms with Crippen molar-refractivity contribution in [3.8, 4) is 6.07 Å². The Labute approximate surface area is 221 Å². The second-order valence-corrected chi connectivity index (χ2v) is 10.0. The minimum atomic E-state index is 0.631. The SMILES string of the molecule is Cc1cccc(N2CCN(c3c(Cc4ccc(Cl)cc4)c(C)c(C#N)c4nc5ccccc5n34)CC2)n1. The maximum Gasteiger partial charge on any atom is 0.157 e. The largest absolute Gasteiger partial charge is 0.354 e. The first kappa shape index (κ1) is 23.3. The van der Waals surface area contributed by atoms with Crippen LogP contribution in [0.1, 0.15) is 27.9 Å². The van der Waals surface area contributed by atoms with Gasteiger partial charge in [-0.15, -0.1) is 0 Å². The van der Waals surface area contributed by atoms with E-state index < -0.39 is 0 Å². The summed E-state index contributed by atoms with van der Waals surface area (Å²) in [7, 11) is 0. The van der Waals surface area contributed by atoms with E-state index in [-0.39, 0.29) is 0 Å². The number of nitriles is 1. The van der Waals surface area contributed by atoms with Gasteiger partial charge in [-0.05, 0) is 61.4 Å². The molecule has 3 aromatic heterocycles. The van der Waals surface area contributed by atoms with Gasteiger partial charge in [0.15, 0.2) is 5.65 Å². The van der Waals surface area contributed by atoms with Crippen LogP contribution in [0.5, 0.6) is 0 Å². The number of hydrogen-bond acceptors (Lipinski definition) is 5. The molecule has 37 heavy (non-hydrogen) atoms. The number of piperazine rings is 1. The highest BCUT2D eigenvalue weighted by molar-refractivity contribution is 6.30. The second-order valence-electron chi connectivity index (χ2n) is 9.59. The number of fused-ring (bicyclic) bond motifs is 3. The van der Waals surface area contributed by atoms with E-state index in [1.54, 1.807) is 0 Å². The lowest BCUT2D eigenvalue weighted by molar-refractivity contribution is 0.637. The van der Waals surface area contributed by atoms with E-state index in [0.29, 0.717) is 12.0 Å². The van der Waals surface area contributed by atoms with E-state index in [1.165, 1.54) is 0 Å². The Hall–Kier alpha value is -4.08. The van der Waals surface area contributed by atoms with Crippen molar-refractivity contribution in [1.82, 2.24) is 14.4 Å². The summed E-state index contributed by atoms with van der Waals surface area (Å²) in [6, 6.07) is 24.8. The van der Waals surface area contributed by atoms with Gasteiger partial charge in [0.25, 0.3) is 0 Å². The fraction of sp³-hybridized carbons (Fsp3) is 0.233. The van der Waals surface area contributed by atoms with Crippen molar-refractivity contribution in [1.29, 1.82) is 5.26 Å². The zero-order valence-corrected chi connectivity index (χ0v) is 21.7. The van der Waals surface area contributed by atoms with Crippen LogP contribution in [-0.2, 0) is 6.42 Å². The van der Waals surface area contributed by atoms with Crippen LogP contribution in [0.2, 0.25) is 5.02 Å². The van der Waals surface area contributed by atoms with Gasteiger partial charge in [-0.1, -0.05) is 41.9 Å². The van der Waals surface area contributed by atoms with Crippen LogP contribution in [0.4, 0.5) is 11.6 Å². The lowest BCUT2D eigenvalue weighted by Crippen LogP contribution is -2.47. The molecule has 7 heteroatoms. The average molecular weight is 507 g/mol. The Morgan fingerprint density at radius 1 is 0.865 bits per heavy atom. The minimum absolute atomic E-state index is 0.631. The van der Waals surface area contributed by atoms with E-state index in [4.69, 9.17) is 21.6 Å². The molecule has 0 bridgehead atoms. The van der Waals surface area contributed by atoms with Crippen LogP contribution in [-0.4, -0.2) is 40.5 Å². The first-order chi connectivity index (χ1) is 18.0. The monoisotopic (exact) mass is 506 g/mol. The van der Waals surface area contributed by atoms with Crippen molar-refractivity contribution in [2.24, 2.45) is 0 Å². The number of para-hydroxylation sites is 2. The molecular weight excluding hydrogens is 480 g/mol. The summed E-state index contributed by atoms with van der Waals surface area (Å²) < 4.78 is 2.20. The van der Waals surface area contributed by atoms with E-state index >= 15 is 0 Å². The van der Waals surface area contributed by atoms with Crippen molar-refractivity contribution >= 4 is 39.9 Å². The number of pyridine rings is 2. The molecule has 1 aliphatic rings. The summed E-state index contributed by atoms with van der Waals surface area (Å²) >= 11 is 6.18. The van der Waals surface area contributed by atoms with E-state index in [9.17, 15) is 5.26 Å². The molecule has 0 N–H and O–H groups in total. The summed E-state index contributed by atoms with van der Waals surface area (Å²) in [6.07, 6.45) is 0.703. The van der Waals surface area contributed by atoms with Gasteiger partial charge in [0.05, 0.1) is 16.6 Å². The molecule has 0 amide bonds. The maximum atomic E-state index is 10.2. The van der Waals surface area contributed by atoms with Gasteiger partial charge in [0.1, 0.15) is 17.7 Å².